The summed E-state index contributed by atoms with van der Waals surface area (Å²) < 4.78 is 31.9. The first-order valence-electron chi connectivity index (χ1n) is 7.39. The smallest absolute Gasteiger partial charge is 0.273 e. The number of aromatic amines is 1. The van der Waals surface area contributed by atoms with Crippen LogP contribution < -0.4 is 10.1 Å². The summed E-state index contributed by atoms with van der Waals surface area (Å²) in [5.74, 6) is -1.39. The van der Waals surface area contributed by atoms with Gasteiger partial charge < -0.3 is 10.1 Å². The lowest BCUT2D eigenvalue weighted by molar-refractivity contribution is 0.0888. The summed E-state index contributed by atoms with van der Waals surface area (Å²) >= 11 is 0. The molecular weight excluding hydrogens is 306 g/mol. The van der Waals surface area contributed by atoms with Crippen LogP contribution >= 0.6 is 0 Å². The average molecular weight is 322 g/mol. The number of ether oxygens (including phenoxy) is 1. The molecule has 8 heteroatoms. The Hall–Kier alpha value is -2.51. The molecule has 1 fully saturated rings. The normalized spacial score (nSPS) is 21.0. The van der Waals surface area contributed by atoms with Gasteiger partial charge in [0.15, 0.2) is 5.69 Å². The molecule has 1 aromatic heterocycles. The fraction of sp³-hybridized carbons (Fsp3) is 0.400. The molecule has 0 radical (unpaired) electrons. The Bertz CT molecular complexity index is 650. The van der Waals surface area contributed by atoms with Crippen molar-refractivity contribution in [1.82, 2.24) is 20.7 Å². The van der Waals surface area contributed by atoms with Crippen LogP contribution in [0.4, 0.5) is 8.78 Å². The van der Waals surface area contributed by atoms with Crippen molar-refractivity contribution >= 4 is 5.91 Å². The zero-order valence-electron chi connectivity index (χ0n) is 12.3. The van der Waals surface area contributed by atoms with E-state index in [2.05, 4.69) is 20.7 Å². The second kappa shape index (κ2) is 6.72. The van der Waals surface area contributed by atoms with Crippen LogP contribution in [-0.2, 0) is 0 Å². The molecule has 1 heterocycles. The number of nitrogens with zero attached hydrogens (tertiary/aromatic N) is 2. The van der Waals surface area contributed by atoms with E-state index in [-0.39, 0.29) is 29.5 Å². The highest BCUT2D eigenvalue weighted by Gasteiger charge is 2.24. The molecule has 1 aliphatic rings. The van der Waals surface area contributed by atoms with Crippen LogP contribution in [-0.4, -0.2) is 33.5 Å². The second-order valence-electron chi connectivity index (χ2n) is 5.53. The number of benzene rings is 1. The van der Waals surface area contributed by atoms with Gasteiger partial charge in [-0.2, -0.15) is 15.4 Å². The number of hydrogen-bond acceptors (Lipinski definition) is 4. The molecule has 0 spiro atoms. The summed E-state index contributed by atoms with van der Waals surface area (Å²) in [6.45, 7) is 0. The molecule has 3 rings (SSSR count). The first kappa shape index (κ1) is 15.4. The quantitative estimate of drug-likeness (QED) is 0.904. The molecule has 2 aromatic rings. The Labute approximate surface area is 131 Å². The molecule has 0 atom stereocenters. The molecule has 1 amide bonds. The first-order chi connectivity index (χ1) is 11.1. The highest BCUT2D eigenvalue weighted by Crippen LogP contribution is 2.25. The monoisotopic (exact) mass is 322 g/mol. The summed E-state index contributed by atoms with van der Waals surface area (Å²) in [6, 6.07) is 3.18. The number of H-pyrrole nitrogens is 1. The summed E-state index contributed by atoms with van der Waals surface area (Å²) in [6.07, 6.45) is 4.10. The van der Waals surface area contributed by atoms with Gasteiger partial charge in [-0.25, -0.2) is 8.78 Å². The zero-order valence-corrected chi connectivity index (χ0v) is 12.3. The standard InChI is InChI=1S/C15H16F2N4O2/c16-9-5-10(17)7-13(6-9)23-12-3-1-11(2-4-12)19-15(22)14-8-18-21-20-14/h5-8,11-12H,1-4H2,(H,19,22)(H,18,20,21). The number of carbonyl (C=O) groups is 1. The van der Waals surface area contributed by atoms with Crippen LogP contribution in [0.25, 0.3) is 0 Å². The minimum atomic E-state index is -0.659. The van der Waals surface area contributed by atoms with E-state index < -0.39 is 11.6 Å². The predicted octanol–water partition coefficient (Wildman–Crippen LogP) is 2.20. The van der Waals surface area contributed by atoms with Gasteiger partial charge >= 0.3 is 0 Å². The lowest BCUT2D eigenvalue weighted by atomic mass is 9.93. The summed E-state index contributed by atoms with van der Waals surface area (Å²) in [5.41, 5.74) is 0.249. The molecule has 1 aromatic carbocycles. The highest BCUT2D eigenvalue weighted by molar-refractivity contribution is 5.91. The summed E-state index contributed by atoms with van der Waals surface area (Å²) in [4.78, 5) is 11.9. The average Bonchev–Trinajstić information content (AvgIpc) is 3.02. The van der Waals surface area contributed by atoms with E-state index in [1.165, 1.54) is 18.3 Å². The fourth-order valence-corrected chi connectivity index (χ4v) is 2.68. The largest absolute Gasteiger partial charge is 0.490 e. The summed E-state index contributed by atoms with van der Waals surface area (Å²) in [5, 5.41) is 12.6. The van der Waals surface area contributed by atoms with Crippen LogP contribution in [0.2, 0.25) is 0 Å². The van der Waals surface area contributed by atoms with Gasteiger partial charge in [0, 0.05) is 24.2 Å². The molecule has 23 heavy (non-hydrogen) atoms. The van der Waals surface area contributed by atoms with Crippen LogP contribution in [0.5, 0.6) is 5.75 Å². The van der Waals surface area contributed by atoms with E-state index in [1.54, 1.807) is 0 Å². The van der Waals surface area contributed by atoms with Crippen LogP contribution in [0.15, 0.2) is 24.4 Å². The van der Waals surface area contributed by atoms with Crippen LogP contribution in [0.3, 0.4) is 0 Å². The Morgan fingerprint density at radius 3 is 2.48 bits per heavy atom. The van der Waals surface area contributed by atoms with Crippen molar-refractivity contribution in [1.29, 1.82) is 0 Å². The van der Waals surface area contributed by atoms with Gasteiger partial charge in [-0.15, -0.1) is 0 Å². The molecule has 1 saturated carbocycles. The van der Waals surface area contributed by atoms with Crippen molar-refractivity contribution in [3.05, 3.63) is 41.7 Å². The maximum atomic E-state index is 13.1. The van der Waals surface area contributed by atoms with Gasteiger partial charge in [-0.05, 0) is 25.7 Å². The van der Waals surface area contributed by atoms with E-state index in [1.807, 2.05) is 0 Å². The molecule has 1 aliphatic carbocycles. The van der Waals surface area contributed by atoms with E-state index in [0.717, 1.165) is 18.9 Å². The zero-order chi connectivity index (χ0) is 16.2. The Kier molecular flexibility index (Phi) is 4.50. The fourth-order valence-electron chi connectivity index (χ4n) is 2.68. The van der Waals surface area contributed by atoms with Gasteiger partial charge in [0.05, 0.1) is 12.3 Å². The molecule has 6 nitrogen and oxygen atoms in total. The Morgan fingerprint density at radius 2 is 1.87 bits per heavy atom. The Morgan fingerprint density at radius 1 is 1.17 bits per heavy atom. The van der Waals surface area contributed by atoms with Crippen molar-refractivity contribution in [2.24, 2.45) is 0 Å². The molecule has 0 aliphatic heterocycles. The molecular formula is C15H16F2N4O2. The topological polar surface area (TPSA) is 79.9 Å². The molecule has 122 valence electrons. The molecule has 0 saturated heterocycles. The third-order valence-corrected chi connectivity index (χ3v) is 3.80. The van der Waals surface area contributed by atoms with Crippen LogP contribution in [0, 0.1) is 11.6 Å². The number of nitrogens with one attached hydrogen (secondary N) is 2. The lowest BCUT2D eigenvalue weighted by Gasteiger charge is -2.29. The molecule has 0 unspecified atom stereocenters. The number of aromatic nitrogens is 3. The molecule has 0 bridgehead atoms. The van der Waals surface area contributed by atoms with E-state index in [9.17, 15) is 13.6 Å². The van der Waals surface area contributed by atoms with E-state index in [4.69, 9.17) is 4.74 Å². The number of halogens is 2. The maximum Gasteiger partial charge on any atom is 0.273 e. The predicted molar refractivity (Wildman–Crippen MR) is 76.9 cm³/mol. The number of rotatable bonds is 4. The minimum absolute atomic E-state index is 0.0308. The van der Waals surface area contributed by atoms with Gasteiger partial charge in [0.1, 0.15) is 17.4 Å². The van der Waals surface area contributed by atoms with Gasteiger partial charge in [-0.3, -0.25) is 4.79 Å². The summed E-state index contributed by atoms with van der Waals surface area (Å²) in [7, 11) is 0. The third-order valence-electron chi connectivity index (χ3n) is 3.80. The van der Waals surface area contributed by atoms with E-state index >= 15 is 0 Å². The van der Waals surface area contributed by atoms with E-state index in [0.29, 0.717) is 12.8 Å². The lowest BCUT2D eigenvalue weighted by Crippen LogP contribution is -2.39. The van der Waals surface area contributed by atoms with Crippen molar-refractivity contribution < 1.29 is 18.3 Å². The Balaban J connectivity index is 1.49. The van der Waals surface area contributed by atoms with Crippen molar-refractivity contribution in [3.63, 3.8) is 0 Å². The number of carbonyl (C=O) groups excluding carboxylic acids is 1. The third kappa shape index (κ3) is 4.02. The van der Waals surface area contributed by atoms with Gasteiger partial charge in [0.2, 0.25) is 0 Å². The number of amides is 1. The molecule has 2 N–H and O–H groups in total. The van der Waals surface area contributed by atoms with Gasteiger partial charge in [0.25, 0.3) is 5.91 Å². The second-order valence-corrected chi connectivity index (χ2v) is 5.53. The van der Waals surface area contributed by atoms with Crippen molar-refractivity contribution in [2.75, 3.05) is 0 Å². The SMILES string of the molecule is O=C(NC1CCC(Oc2cc(F)cc(F)c2)CC1)c1cn[nH]n1. The van der Waals surface area contributed by atoms with Crippen molar-refractivity contribution in [2.45, 2.75) is 37.8 Å². The van der Waals surface area contributed by atoms with Crippen molar-refractivity contribution in [3.8, 4) is 5.75 Å². The first-order valence-corrected chi connectivity index (χ1v) is 7.39. The number of hydrogen-bond donors (Lipinski definition) is 2. The van der Waals surface area contributed by atoms with Gasteiger partial charge in [-0.1, -0.05) is 0 Å². The van der Waals surface area contributed by atoms with Crippen LogP contribution in [0.1, 0.15) is 36.2 Å². The minimum Gasteiger partial charge on any atom is -0.490 e. The maximum absolute atomic E-state index is 13.1. The highest BCUT2D eigenvalue weighted by atomic mass is 19.1.